The molecule has 0 spiro atoms. The zero-order chi connectivity index (χ0) is 25.4. The first-order valence-corrected chi connectivity index (χ1v) is 12.9. The Hall–Kier alpha value is -3.39. The summed E-state index contributed by atoms with van der Waals surface area (Å²) in [4.78, 5) is 25.3. The molecule has 2 aliphatic rings. The monoisotopic (exact) mass is 534 g/mol. The summed E-state index contributed by atoms with van der Waals surface area (Å²) < 4.78 is 11.4. The third kappa shape index (κ3) is 4.48. The Bertz CT molecular complexity index is 1490. The van der Waals surface area contributed by atoms with Gasteiger partial charge >= 0.3 is 0 Å². The predicted molar refractivity (Wildman–Crippen MR) is 145 cm³/mol. The molecule has 9 heteroatoms. The van der Waals surface area contributed by atoms with Crippen LogP contribution in [0.2, 0.25) is 10.0 Å². The minimum Gasteiger partial charge on any atom is -0.493 e. The van der Waals surface area contributed by atoms with Crippen LogP contribution in [0.25, 0.3) is 22.2 Å². The van der Waals surface area contributed by atoms with Crippen LogP contribution in [0.1, 0.15) is 28.4 Å². The molecule has 1 N–H and O–H groups in total. The van der Waals surface area contributed by atoms with Crippen LogP contribution in [-0.2, 0) is 4.74 Å². The number of rotatable bonds is 4. The van der Waals surface area contributed by atoms with Crippen molar-refractivity contribution in [3.8, 4) is 17.0 Å². The molecule has 188 valence electrons. The number of nitrogens with one attached hydrogen (secondary N) is 1. The van der Waals surface area contributed by atoms with E-state index in [1.807, 2.05) is 42.5 Å². The van der Waals surface area contributed by atoms with Gasteiger partial charge in [0.15, 0.2) is 0 Å². The molecular weight excluding hydrogens is 511 g/mol. The number of hydrogen-bond acceptors (Lipinski definition) is 6. The molecule has 1 amide bonds. The molecule has 0 radical (unpaired) electrons. The molecule has 0 aliphatic carbocycles. The van der Waals surface area contributed by atoms with Crippen molar-refractivity contribution in [3.63, 3.8) is 0 Å². The number of carbonyl (C=O) groups excluding carboxylic acids is 1. The Labute approximate surface area is 224 Å². The molecule has 1 atom stereocenters. The molecule has 1 fully saturated rings. The number of benzene rings is 2. The Morgan fingerprint density at radius 1 is 1.00 bits per heavy atom. The van der Waals surface area contributed by atoms with E-state index in [9.17, 15) is 4.79 Å². The van der Waals surface area contributed by atoms with Gasteiger partial charge in [0, 0.05) is 48.4 Å². The first kappa shape index (κ1) is 24.0. The highest BCUT2D eigenvalue weighted by Crippen LogP contribution is 2.39. The lowest BCUT2D eigenvalue weighted by atomic mass is 9.99. The quantitative estimate of drug-likeness (QED) is 0.362. The number of pyridine rings is 2. The van der Waals surface area contributed by atoms with E-state index in [2.05, 4.69) is 15.2 Å². The van der Waals surface area contributed by atoms with Crippen molar-refractivity contribution in [1.29, 1.82) is 0 Å². The molecule has 6 rings (SSSR count). The van der Waals surface area contributed by atoms with Gasteiger partial charge in [0.05, 0.1) is 58.4 Å². The molecule has 2 aromatic heterocycles. The van der Waals surface area contributed by atoms with Gasteiger partial charge in [0.25, 0.3) is 5.91 Å². The number of para-hydroxylation sites is 1. The van der Waals surface area contributed by atoms with E-state index in [0.717, 1.165) is 22.4 Å². The van der Waals surface area contributed by atoms with Gasteiger partial charge in [-0.3, -0.25) is 14.8 Å². The minimum absolute atomic E-state index is 0.149. The summed E-state index contributed by atoms with van der Waals surface area (Å²) in [5, 5.41) is 4.91. The second-order valence-corrected chi connectivity index (χ2v) is 9.76. The van der Waals surface area contributed by atoms with Gasteiger partial charge in [0.2, 0.25) is 0 Å². The Morgan fingerprint density at radius 3 is 2.70 bits per heavy atom. The van der Waals surface area contributed by atoms with Crippen LogP contribution in [0.15, 0.2) is 60.9 Å². The number of anilines is 1. The molecule has 1 unspecified atom stereocenters. The van der Waals surface area contributed by atoms with Crippen molar-refractivity contribution < 1.29 is 14.3 Å². The summed E-state index contributed by atoms with van der Waals surface area (Å²) >= 11 is 12.8. The van der Waals surface area contributed by atoms with Crippen molar-refractivity contribution >= 4 is 45.7 Å². The van der Waals surface area contributed by atoms with Gasteiger partial charge in [0.1, 0.15) is 5.75 Å². The summed E-state index contributed by atoms with van der Waals surface area (Å²) in [7, 11) is 0. The average Bonchev–Trinajstić information content (AvgIpc) is 2.94. The maximum Gasteiger partial charge on any atom is 0.255 e. The summed E-state index contributed by atoms with van der Waals surface area (Å²) in [6.07, 6.45) is 4.05. The number of hydrogen-bond donors (Lipinski definition) is 1. The number of ether oxygens (including phenoxy) is 2. The van der Waals surface area contributed by atoms with Crippen LogP contribution in [-0.4, -0.2) is 48.8 Å². The topological polar surface area (TPSA) is 76.6 Å². The Kier molecular flexibility index (Phi) is 6.59. The molecule has 1 saturated heterocycles. The fraction of sp³-hybridized carbons (Fsp3) is 0.250. The number of amides is 1. The Balaban J connectivity index is 1.46. The summed E-state index contributed by atoms with van der Waals surface area (Å²) in [6.45, 7) is 3.03. The van der Waals surface area contributed by atoms with Crippen LogP contribution in [0.5, 0.6) is 5.75 Å². The van der Waals surface area contributed by atoms with E-state index in [1.54, 1.807) is 18.5 Å². The van der Waals surface area contributed by atoms with Crippen LogP contribution < -0.4 is 15.0 Å². The molecule has 4 aromatic rings. The number of fused-ring (bicyclic) bond motifs is 2. The maximum absolute atomic E-state index is 13.8. The van der Waals surface area contributed by atoms with Gasteiger partial charge < -0.3 is 19.7 Å². The standard InChI is InChI=1S/C28H24Cl2N4O3/c29-21-6-3-5-18(24(21)30)25-26-19(8-10-31-25)27(34-11-14-36-15-12-34)20(16-32-26)28(35)33-22-9-13-37-23-7-2-1-4-17(22)23/h1-8,10,16,22H,9,11-15H2,(H,33,35). The molecule has 0 saturated carbocycles. The van der Waals surface area contributed by atoms with Crippen molar-refractivity contribution in [2.45, 2.75) is 12.5 Å². The molecule has 37 heavy (non-hydrogen) atoms. The highest BCUT2D eigenvalue weighted by molar-refractivity contribution is 6.43. The average molecular weight is 535 g/mol. The summed E-state index contributed by atoms with van der Waals surface area (Å²) in [5.41, 5.74) is 4.26. The molecule has 2 aromatic carbocycles. The lowest BCUT2D eigenvalue weighted by Crippen LogP contribution is -2.39. The van der Waals surface area contributed by atoms with E-state index in [4.69, 9.17) is 37.7 Å². The fourth-order valence-corrected chi connectivity index (χ4v) is 5.41. The van der Waals surface area contributed by atoms with Crippen LogP contribution in [0.4, 0.5) is 5.69 Å². The molecule has 4 heterocycles. The van der Waals surface area contributed by atoms with Gasteiger partial charge in [-0.2, -0.15) is 0 Å². The van der Waals surface area contributed by atoms with Crippen molar-refractivity contribution in [3.05, 3.63) is 82.1 Å². The third-order valence-electron chi connectivity index (χ3n) is 6.80. The highest BCUT2D eigenvalue weighted by Gasteiger charge is 2.28. The normalized spacial score (nSPS) is 17.2. The van der Waals surface area contributed by atoms with E-state index < -0.39 is 0 Å². The van der Waals surface area contributed by atoms with E-state index in [-0.39, 0.29) is 11.9 Å². The lowest BCUT2D eigenvalue weighted by molar-refractivity contribution is 0.0923. The number of halogens is 2. The molecule has 0 bridgehead atoms. The number of aromatic nitrogens is 2. The summed E-state index contributed by atoms with van der Waals surface area (Å²) in [6, 6.07) is 15.0. The van der Waals surface area contributed by atoms with Gasteiger partial charge in [-0.25, -0.2) is 0 Å². The number of morpholine rings is 1. The van der Waals surface area contributed by atoms with E-state index in [0.29, 0.717) is 71.7 Å². The van der Waals surface area contributed by atoms with Crippen molar-refractivity contribution in [2.75, 3.05) is 37.8 Å². The van der Waals surface area contributed by atoms with Crippen molar-refractivity contribution in [2.24, 2.45) is 0 Å². The second-order valence-electron chi connectivity index (χ2n) is 8.98. The first-order chi connectivity index (χ1) is 18.1. The fourth-order valence-electron chi connectivity index (χ4n) is 5.02. The molecule has 2 aliphatic heterocycles. The SMILES string of the molecule is O=C(NC1CCOc2ccccc21)c1cnc2c(-c3cccc(Cl)c3Cl)nccc2c1N1CCOCC1. The summed E-state index contributed by atoms with van der Waals surface area (Å²) in [5.74, 6) is 0.620. The minimum atomic E-state index is -0.184. The highest BCUT2D eigenvalue weighted by atomic mass is 35.5. The smallest absolute Gasteiger partial charge is 0.255 e. The van der Waals surface area contributed by atoms with Gasteiger partial charge in [-0.15, -0.1) is 0 Å². The zero-order valence-electron chi connectivity index (χ0n) is 19.9. The number of carbonyl (C=O) groups is 1. The zero-order valence-corrected chi connectivity index (χ0v) is 21.4. The van der Waals surface area contributed by atoms with Crippen LogP contribution in [0.3, 0.4) is 0 Å². The Morgan fingerprint density at radius 2 is 1.84 bits per heavy atom. The number of nitrogens with zero attached hydrogens (tertiary/aromatic N) is 3. The van der Waals surface area contributed by atoms with Crippen molar-refractivity contribution in [1.82, 2.24) is 15.3 Å². The van der Waals surface area contributed by atoms with E-state index >= 15 is 0 Å². The third-order valence-corrected chi connectivity index (χ3v) is 7.62. The predicted octanol–water partition coefficient (Wildman–Crippen LogP) is 5.69. The van der Waals surface area contributed by atoms with Gasteiger partial charge in [-0.1, -0.05) is 53.5 Å². The lowest BCUT2D eigenvalue weighted by Gasteiger charge is -2.32. The first-order valence-electron chi connectivity index (χ1n) is 12.2. The largest absolute Gasteiger partial charge is 0.493 e. The molecule has 7 nitrogen and oxygen atoms in total. The van der Waals surface area contributed by atoms with Crippen LogP contribution >= 0.6 is 23.2 Å². The molecular formula is C28H24Cl2N4O3. The second kappa shape index (κ2) is 10.2. The van der Waals surface area contributed by atoms with Crippen LogP contribution in [0, 0.1) is 0 Å². The van der Waals surface area contributed by atoms with E-state index in [1.165, 1.54) is 0 Å². The maximum atomic E-state index is 13.8. The van der Waals surface area contributed by atoms with Gasteiger partial charge in [-0.05, 0) is 18.2 Å².